The maximum Gasteiger partial charge on any atom is 0.148 e. The molecular weight excluding hydrogens is 330 g/mol. The quantitative estimate of drug-likeness (QED) is 0.401. The number of hydrogen-bond acceptors (Lipinski definition) is 2. The third-order valence-corrected chi connectivity index (χ3v) is 5.02. The fourth-order valence-electron chi connectivity index (χ4n) is 3.53. The summed E-state index contributed by atoms with van der Waals surface area (Å²) in [5.41, 5.74) is 8.70. The monoisotopic (exact) mass is 349 g/mol. The molecule has 5 rings (SSSR count). The molecule has 5 aromatic rings. The highest BCUT2D eigenvalue weighted by Gasteiger charge is 2.17. The fourth-order valence-corrected chi connectivity index (χ4v) is 3.53. The highest BCUT2D eigenvalue weighted by atomic mass is 15.1. The highest BCUT2D eigenvalue weighted by Crippen LogP contribution is 2.34. The average molecular weight is 349 g/mol. The Morgan fingerprint density at radius 1 is 0.704 bits per heavy atom. The van der Waals surface area contributed by atoms with Crippen molar-refractivity contribution in [3.8, 4) is 22.5 Å². The molecule has 0 spiro atoms. The van der Waals surface area contributed by atoms with Crippen molar-refractivity contribution in [3.63, 3.8) is 0 Å². The standard InChI is InChI=1S/C24H19N3/c1-16-7-11-18(12-8-16)22-23(19-13-9-17(2)10-14-19)27-15-25-21-6-4-3-5-20(21)24(27)26-22/h3-15H,1-2H3. The van der Waals surface area contributed by atoms with Gasteiger partial charge in [0.1, 0.15) is 12.0 Å². The zero-order chi connectivity index (χ0) is 18.4. The number of para-hydroxylation sites is 1. The lowest BCUT2D eigenvalue weighted by molar-refractivity contribution is 1.12. The molecule has 0 bridgehead atoms. The Morgan fingerprint density at radius 2 is 1.33 bits per heavy atom. The van der Waals surface area contributed by atoms with E-state index < -0.39 is 0 Å². The molecule has 3 heteroatoms. The molecule has 0 radical (unpaired) electrons. The number of hydrogen-bond donors (Lipinski definition) is 0. The van der Waals surface area contributed by atoms with Crippen LogP contribution < -0.4 is 0 Å². The molecule has 2 heterocycles. The molecule has 2 aromatic heterocycles. The van der Waals surface area contributed by atoms with E-state index in [1.807, 2.05) is 24.5 Å². The van der Waals surface area contributed by atoms with Gasteiger partial charge in [-0.1, -0.05) is 71.8 Å². The molecule has 0 atom stereocenters. The second-order valence-electron chi connectivity index (χ2n) is 7.00. The topological polar surface area (TPSA) is 30.2 Å². The van der Waals surface area contributed by atoms with Gasteiger partial charge in [-0.25, -0.2) is 9.97 Å². The zero-order valence-electron chi connectivity index (χ0n) is 15.3. The Balaban J connectivity index is 1.88. The Labute approximate surface area is 158 Å². The molecular formula is C24H19N3. The van der Waals surface area contributed by atoms with Gasteiger partial charge in [0.05, 0.1) is 16.9 Å². The molecule has 0 saturated heterocycles. The van der Waals surface area contributed by atoms with Crippen molar-refractivity contribution in [2.24, 2.45) is 0 Å². The Bertz CT molecular complexity index is 1260. The lowest BCUT2D eigenvalue weighted by atomic mass is 10.0. The predicted molar refractivity (Wildman–Crippen MR) is 111 cm³/mol. The average Bonchev–Trinajstić information content (AvgIpc) is 3.09. The van der Waals surface area contributed by atoms with Crippen LogP contribution >= 0.6 is 0 Å². The molecule has 0 N–H and O–H groups in total. The van der Waals surface area contributed by atoms with Crippen LogP contribution in [0.4, 0.5) is 0 Å². The van der Waals surface area contributed by atoms with Gasteiger partial charge in [-0.3, -0.25) is 4.40 Å². The molecule has 0 fully saturated rings. The minimum absolute atomic E-state index is 0.937. The van der Waals surface area contributed by atoms with Crippen LogP contribution in [-0.2, 0) is 0 Å². The molecule has 0 aliphatic carbocycles. The van der Waals surface area contributed by atoms with Gasteiger partial charge in [0.2, 0.25) is 0 Å². The van der Waals surface area contributed by atoms with Crippen LogP contribution in [0.5, 0.6) is 0 Å². The fraction of sp³-hybridized carbons (Fsp3) is 0.0833. The predicted octanol–water partition coefficient (Wildman–Crippen LogP) is 5.83. The molecule has 0 unspecified atom stereocenters. The maximum absolute atomic E-state index is 5.06. The largest absolute Gasteiger partial charge is 0.282 e. The van der Waals surface area contributed by atoms with Gasteiger partial charge in [-0.05, 0) is 26.0 Å². The van der Waals surface area contributed by atoms with Crippen molar-refractivity contribution < 1.29 is 0 Å². The van der Waals surface area contributed by atoms with Crippen molar-refractivity contribution >= 4 is 16.6 Å². The van der Waals surface area contributed by atoms with E-state index in [4.69, 9.17) is 4.98 Å². The first-order chi connectivity index (χ1) is 13.2. The molecule has 0 amide bonds. The van der Waals surface area contributed by atoms with Crippen LogP contribution in [0, 0.1) is 13.8 Å². The van der Waals surface area contributed by atoms with Crippen LogP contribution in [0.2, 0.25) is 0 Å². The van der Waals surface area contributed by atoms with E-state index in [2.05, 4.69) is 77.8 Å². The molecule has 0 aliphatic heterocycles. The summed E-state index contributed by atoms with van der Waals surface area (Å²) in [5, 5.41) is 1.06. The number of fused-ring (bicyclic) bond motifs is 3. The second kappa shape index (κ2) is 6.06. The minimum atomic E-state index is 0.937. The van der Waals surface area contributed by atoms with Gasteiger partial charge in [0.15, 0.2) is 0 Å². The third-order valence-electron chi connectivity index (χ3n) is 5.02. The Hall–Kier alpha value is -3.46. The van der Waals surface area contributed by atoms with Gasteiger partial charge in [0.25, 0.3) is 0 Å². The van der Waals surface area contributed by atoms with Crippen molar-refractivity contribution in [1.82, 2.24) is 14.4 Å². The molecule has 3 aromatic carbocycles. The Kier molecular flexibility index (Phi) is 3.54. The first-order valence-corrected chi connectivity index (χ1v) is 9.10. The lowest BCUT2D eigenvalue weighted by Crippen LogP contribution is -1.93. The van der Waals surface area contributed by atoms with Crippen LogP contribution in [0.15, 0.2) is 79.1 Å². The summed E-state index contributed by atoms with van der Waals surface area (Å²) in [6.45, 7) is 4.21. The van der Waals surface area contributed by atoms with Gasteiger partial charge in [0, 0.05) is 16.5 Å². The van der Waals surface area contributed by atoms with Crippen molar-refractivity contribution in [2.45, 2.75) is 13.8 Å². The van der Waals surface area contributed by atoms with Gasteiger partial charge < -0.3 is 0 Å². The van der Waals surface area contributed by atoms with E-state index in [0.717, 1.165) is 39.1 Å². The first kappa shape index (κ1) is 15.8. The number of imidazole rings is 1. The van der Waals surface area contributed by atoms with E-state index in [-0.39, 0.29) is 0 Å². The number of rotatable bonds is 2. The summed E-state index contributed by atoms with van der Waals surface area (Å²) >= 11 is 0. The molecule has 27 heavy (non-hydrogen) atoms. The minimum Gasteiger partial charge on any atom is -0.282 e. The normalized spacial score (nSPS) is 11.3. The summed E-state index contributed by atoms with van der Waals surface area (Å²) in [6.07, 6.45) is 1.89. The SMILES string of the molecule is Cc1ccc(-c2nc3c4ccccc4ncn3c2-c2ccc(C)cc2)cc1. The van der Waals surface area contributed by atoms with Crippen LogP contribution in [0.1, 0.15) is 11.1 Å². The number of nitrogens with zero attached hydrogens (tertiary/aromatic N) is 3. The van der Waals surface area contributed by atoms with Crippen molar-refractivity contribution in [3.05, 3.63) is 90.3 Å². The van der Waals surface area contributed by atoms with E-state index in [1.165, 1.54) is 11.1 Å². The number of aromatic nitrogens is 3. The molecule has 3 nitrogen and oxygen atoms in total. The van der Waals surface area contributed by atoms with Crippen LogP contribution in [0.25, 0.3) is 39.1 Å². The van der Waals surface area contributed by atoms with Gasteiger partial charge in [-0.2, -0.15) is 0 Å². The third kappa shape index (κ3) is 2.59. The summed E-state index contributed by atoms with van der Waals surface area (Å²) in [7, 11) is 0. The van der Waals surface area contributed by atoms with Crippen molar-refractivity contribution in [2.75, 3.05) is 0 Å². The van der Waals surface area contributed by atoms with Gasteiger partial charge >= 0.3 is 0 Å². The zero-order valence-corrected chi connectivity index (χ0v) is 15.3. The summed E-state index contributed by atoms with van der Waals surface area (Å²) in [5.74, 6) is 0. The molecule has 130 valence electrons. The van der Waals surface area contributed by atoms with E-state index in [1.54, 1.807) is 0 Å². The highest BCUT2D eigenvalue weighted by molar-refractivity contribution is 5.95. The Morgan fingerprint density at radius 3 is 2.04 bits per heavy atom. The molecule has 0 saturated carbocycles. The van der Waals surface area contributed by atoms with Crippen LogP contribution in [0.3, 0.4) is 0 Å². The van der Waals surface area contributed by atoms with E-state index in [0.29, 0.717) is 0 Å². The van der Waals surface area contributed by atoms with E-state index in [9.17, 15) is 0 Å². The summed E-state index contributed by atoms with van der Waals surface area (Å²) in [6, 6.07) is 25.3. The first-order valence-electron chi connectivity index (χ1n) is 9.10. The smallest absolute Gasteiger partial charge is 0.148 e. The lowest BCUT2D eigenvalue weighted by Gasteiger charge is -2.07. The van der Waals surface area contributed by atoms with Crippen LogP contribution in [-0.4, -0.2) is 14.4 Å². The van der Waals surface area contributed by atoms with E-state index >= 15 is 0 Å². The summed E-state index contributed by atoms with van der Waals surface area (Å²) < 4.78 is 2.11. The molecule has 0 aliphatic rings. The van der Waals surface area contributed by atoms with Crippen molar-refractivity contribution in [1.29, 1.82) is 0 Å². The maximum atomic E-state index is 5.06. The second-order valence-corrected chi connectivity index (χ2v) is 7.00. The summed E-state index contributed by atoms with van der Waals surface area (Å²) in [4.78, 5) is 9.72. The number of aryl methyl sites for hydroxylation is 2. The number of benzene rings is 3. The van der Waals surface area contributed by atoms with Gasteiger partial charge in [-0.15, -0.1) is 0 Å².